The SMILES string of the molecule is CC(C)[C@@H](NC(=O)OCc1ccccc1)C(=O)Nc1ccn(C)n1. The number of anilines is 1. The first kappa shape index (κ1) is 17.5. The lowest BCUT2D eigenvalue weighted by Gasteiger charge is -2.20. The van der Waals surface area contributed by atoms with Gasteiger partial charge in [0, 0.05) is 19.3 Å². The molecule has 1 aromatic carbocycles. The van der Waals surface area contributed by atoms with E-state index in [0.29, 0.717) is 5.82 Å². The quantitative estimate of drug-likeness (QED) is 0.851. The lowest BCUT2D eigenvalue weighted by molar-refractivity contribution is -0.119. The fraction of sp³-hybridized carbons (Fsp3) is 0.353. The number of carbonyl (C=O) groups is 2. The van der Waals surface area contributed by atoms with Crippen molar-refractivity contribution in [2.75, 3.05) is 5.32 Å². The average Bonchev–Trinajstić information content (AvgIpc) is 2.96. The van der Waals surface area contributed by atoms with Gasteiger partial charge in [-0.25, -0.2) is 4.79 Å². The van der Waals surface area contributed by atoms with Gasteiger partial charge < -0.3 is 15.4 Å². The van der Waals surface area contributed by atoms with Gasteiger partial charge in [-0.3, -0.25) is 9.48 Å². The van der Waals surface area contributed by atoms with Crippen molar-refractivity contribution < 1.29 is 14.3 Å². The zero-order chi connectivity index (χ0) is 17.5. The third-order valence-electron chi connectivity index (χ3n) is 3.40. The van der Waals surface area contributed by atoms with Crippen LogP contribution in [0.4, 0.5) is 10.6 Å². The highest BCUT2D eigenvalue weighted by atomic mass is 16.5. The molecule has 2 amide bonds. The number of hydrogen-bond acceptors (Lipinski definition) is 4. The highest BCUT2D eigenvalue weighted by Gasteiger charge is 2.25. The minimum absolute atomic E-state index is 0.0991. The Morgan fingerprint density at radius 2 is 1.92 bits per heavy atom. The van der Waals surface area contributed by atoms with Crippen LogP contribution in [-0.4, -0.2) is 27.8 Å². The van der Waals surface area contributed by atoms with Crippen molar-refractivity contribution in [3.05, 3.63) is 48.2 Å². The lowest BCUT2D eigenvalue weighted by Crippen LogP contribution is -2.47. The summed E-state index contributed by atoms with van der Waals surface area (Å²) < 4.78 is 6.75. The first-order valence-electron chi connectivity index (χ1n) is 7.73. The maximum Gasteiger partial charge on any atom is 0.408 e. The Hall–Kier alpha value is -2.83. The number of nitrogens with one attached hydrogen (secondary N) is 2. The summed E-state index contributed by atoms with van der Waals surface area (Å²) in [5.41, 5.74) is 0.881. The fourth-order valence-electron chi connectivity index (χ4n) is 2.11. The van der Waals surface area contributed by atoms with Gasteiger partial charge in [0.2, 0.25) is 5.91 Å². The van der Waals surface area contributed by atoms with Crippen molar-refractivity contribution in [2.45, 2.75) is 26.5 Å². The summed E-state index contributed by atoms with van der Waals surface area (Å²) in [4.78, 5) is 24.3. The van der Waals surface area contributed by atoms with Crippen molar-refractivity contribution in [1.82, 2.24) is 15.1 Å². The van der Waals surface area contributed by atoms with E-state index in [4.69, 9.17) is 4.74 Å². The second kappa shape index (κ2) is 8.14. The minimum Gasteiger partial charge on any atom is -0.445 e. The molecule has 2 N–H and O–H groups in total. The summed E-state index contributed by atoms with van der Waals surface area (Å²) in [6, 6.07) is 10.3. The van der Waals surface area contributed by atoms with Crippen LogP contribution in [-0.2, 0) is 23.2 Å². The maximum absolute atomic E-state index is 12.3. The van der Waals surface area contributed by atoms with Crippen molar-refractivity contribution in [1.29, 1.82) is 0 Å². The van der Waals surface area contributed by atoms with Gasteiger partial charge in [0.1, 0.15) is 12.6 Å². The van der Waals surface area contributed by atoms with E-state index in [1.54, 1.807) is 24.0 Å². The molecule has 0 saturated heterocycles. The normalized spacial score (nSPS) is 11.8. The summed E-state index contributed by atoms with van der Waals surface area (Å²) in [6.45, 7) is 3.85. The third kappa shape index (κ3) is 5.12. The Kier molecular flexibility index (Phi) is 5.95. The summed E-state index contributed by atoms with van der Waals surface area (Å²) in [5.74, 6) is 0.00551. The molecule has 0 spiro atoms. The molecule has 2 rings (SSSR count). The smallest absolute Gasteiger partial charge is 0.408 e. The molecule has 7 heteroatoms. The predicted molar refractivity (Wildman–Crippen MR) is 90.2 cm³/mol. The zero-order valence-electron chi connectivity index (χ0n) is 14.0. The highest BCUT2D eigenvalue weighted by Crippen LogP contribution is 2.08. The second-order valence-corrected chi connectivity index (χ2v) is 5.79. The van der Waals surface area contributed by atoms with Crippen molar-refractivity contribution >= 4 is 17.8 Å². The molecule has 1 aromatic heterocycles. The largest absolute Gasteiger partial charge is 0.445 e. The lowest BCUT2D eigenvalue weighted by atomic mass is 10.0. The van der Waals surface area contributed by atoms with Crippen LogP contribution in [0.5, 0.6) is 0 Å². The van der Waals surface area contributed by atoms with Crippen molar-refractivity contribution in [2.24, 2.45) is 13.0 Å². The topological polar surface area (TPSA) is 85.2 Å². The minimum atomic E-state index is -0.713. The molecule has 0 aliphatic rings. The monoisotopic (exact) mass is 330 g/mol. The number of hydrogen-bond donors (Lipinski definition) is 2. The Morgan fingerprint density at radius 1 is 1.21 bits per heavy atom. The number of rotatable bonds is 6. The first-order chi connectivity index (χ1) is 11.5. The molecule has 0 unspecified atom stereocenters. The summed E-state index contributed by atoms with van der Waals surface area (Å²) in [5, 5.41) is 9.38. The van der Waals surface area contributed by atoms with Crippen LogP contribution < -0.4 is 10.6 Å². The van der Waals surface area contributed by atoms with E-state index in [1.807, 2.05) is 44.2 Å². The van der Waals surface area contributed by atoms with Crippen LogP contribution in [0.3, 0.4) is 0 Å². The summed E-state index contributed by atoms with van der Waals surface area (Å²) in [6.07, 6.45) is 1.09. The van der Waals surface area contributed by atoms with Crippen LogP contribution >= 0.6 is 0 Å². The van der Waals surface area contributed by atoms with Crippen LogP contribution in [0.1, 0.15) is 19.4 Å². The Bertz CT molecular complexity index is 682. The molecule has 0 fully saturated rings. The molecule has 7 nitrogen and oxygen atoms in total. The molecule has 1 heterocycles. The van der Waals surface area contributed by atoms with Gasteiger partial charge in [-0.05, 0) is 11.5 Å². The standard InChI is InChI=1S/C17H22N4O3/c1-12(2)15(16(22)18-14-9-10-21(3)20-14)19-17(23)24-11-13-7-5-4-6-8-13/h4-10,12,15H,11H2,1-3H3,(H,19,23)(H,18,20,22)/t15-/m1/s1. The van der Waals surface area contributed by atoms with Gasteiger partial charge in [-0.1, -0.05) is 44.2 Å². The van der Waals surface area contributed by atoms with Crippen LogP contribution in [0.25, 0.3) is 0 Å². The fourth-order valence-corrected chi connectivity index (χ4v) is 2.11. The van der Waals surface area contributed by atoms with Gasteiger partial charge in [0.25, 0.3) is 0 Å². The number of benzene rings is 1. The number of aromatic nitrogens is 2. The van der Waals surface area contributed by atoms with E-state index in [0.717, 1.165) is 5.56 Å². The summed E-state index contributed by atoms with van der Waals surface area (Å²) in [7, 11) is 1.76. The number of carbonyl (C=O) groups excluding carboxylic acids is 2. The van der Waals surface area contributed by atoms with E-state index in [-0.39, 0.29) is 18.4 Å². The maximum atomic E-state index is 12.3. The number of amides is 2. The zero-order valence-corrected chi connectivity index (χ0v) is 14.0. The average molecular weight is 330 g/mol. The van der Waals surface area contributed by atoms with Gasteiger partial charge in [-0.15, -0.1) is 0 Å². The van der Waals surface area contributed by atoms with E-state index in [9.17, 15) is 9.59 Å². The van der Waals surface area contributed by atoms with Crippen LogP contribution in [0, 0.1) is 5.92 Å². The number of aryl methyl sites for hydroxylation is 1. The molecule has 24 heavy (non-hydrogen) atoms. The summed E-state index contributed by atoms with van der Waals surface area (Å²) >= 11 is 0. The van der Waals surface area contributed by atoms with Gasteiger partial charge in [0.05, 0.1) is 0 Å². The Balaban J connectivity index is 1.89. The first-order valence-corrected chi connectivity index (χ1v) is 7.73. The number of alkyl carbamates (subject to hydrolysis) is 1. The number of nitrogens with zero attached hydrogens (tertiary/aromatic N) is 2. The molecule has 128 valence electrons. The van der Waals surface area contributed by atoms with E-state index < -0.39 is 12.1 Å². The van der Waals surface area contributed by atoms with Crippen LogP contribution in [0.15, 0.2) is 42.6 Å². The molecule has 2 aromatic rings. The molecule has 1 atom stereocenters. The molecule has 0 bridgehead atoms. The van der Waals surface area contributed by atoms with Gasteiger partial charge in [-0.2, -0.15) is 5.10 Å². The molecule has 0 aliphatic heterocycles. The van der Waals surface area contributed by atoms with E-state index >= 15 is 0 Å². The molecule has 0 aliphatic carbocycles. The third-order valence-corrected chi connectivity index (χ3v) is 3.40. The van der Waals surface area contributed by atoms with Crippen molar-refractivity contribution in [3.8, 4) is 0 Å². The predicted octanol–water partition coefficient (Wildman–Crippen LogP) is 2.31. The second-order valence-electron chi connectivity index (χ2n) is 5.79. The van der Waals surface area contributed by atoms with Crippen molar-refractivity contribution in [3.63, 3.8) is 0 Å². The molecule has 0 saturated carbocycles. The van der Waals surface area contributed by atoms with Crippen LogP contribution in [0.2, 0.25) is 0 Å². The Labute approximate surface area is 141 Å². The molecular weight excluding hydrogens is 308 g/mol. The van der Waals surface area contributed by atoms with E-state index in [1.165, 1.54) is 0 Å². The van der Waals surface area contributed by atoms with Gasteiger partial charge >= 0.3 is 6.09 Å². The van der Waals surface area contributed by atoms with E-state index in [2.05, 4.69) is 15.7 Å². The number of ether oxygens (including phenoxy) is 1. The molecular formula is C17H22N4O3. The Morgan fingerprint density at radius 3 is 2.50 bits per heavy atom. The molecule has 0 radical (unpaired) electrons. The van der Waals surface area contributed by atoms with Gasteiger partial charge in [0.15, 0.2) is 5.82 Å². The highest BCUT2D eigenvalue weighted by molar-refractivity contribution is 5.96.